The van der Waals surface area contributed by atoms with Crippen LogP contribution in [0, 0.1) is 18.6 Å². The molecular formula is C20H23F2N5O. The summed E-state index contributed by atoms with van der Waals surface area (Å²) in [6.45, 7) is 3.44. The molecule has 1 aliphatic rings. The molecule has 28 heavy (non-hydrogen) atoms. The van der Waals surface area contributed by atoms with Gasteiger partial charge in [0.2, 0.25) is 5.95 Å². The van der Waals surface area contributed by atoms with Crippen LogP contribution in [0.15, 0.2) is 42.7 Å². The van der Waals surface area contributed by atoms with Crippen molar-refractivity contribution >= 4 is 11.6 Å². The molecule has 4 rings (SSSR count). The van der Waals surface area contributed by atoms with E-state index in [4.69, 9.17) is 0 Å². The smallest absolute Gasteiger partial charge is 0.246 e. The molecule has 0 aliphatic carbocycles. The Balaban J connectivity index is 0.00000240. The Morgan fingerprint density at radius 3 is 2.71 bits per heavy atom. The molecule has 6 nitrogen and oxygen atoms in total. The molecule has 1 fully saturated rings. The van der Waals surface area contributed by atoms with Crippen molar-refractivity contribution in [3.63, 3.8) is 0 Å². The number of benzene rings is 2. The van der Waals surface area contributed by atoms with Crippen LogP contribution < -0.4 is 10.6 Å². The van der Waals surface area contributed by atoms with Crippen molar-refractivity contribution in [2.24, 2.45) is 0 Å². The van der Waals surface area contributed by atoms with Gasteiger partial charge in [0.1, 0.15) is 18.0 Å². The maximum absolute atomic E-state index is 13.4. The Morgan fingerprint density at radius 2 is 1.96 bits per heavy atom. The quantitative estimate of drug-likeness (QED) is 0.641. The number of aromatic nitrogens is 3. The van der Waals surface area contributed by atoms with Gasteiger partial charge in [-0.2, -0.15) is 4.98 Å². The number of nitrogens with zero attached hydrogens (tertiary/aromatic N) is 3. The zero-order valence-electron chi connectivity index (χ0n) is 15.4. The second kappa shape index (κ2) is 7.65. The third-order valence-electron chi connectivity index (χ3n) is 4.84. The zero-order valence-corrected chi connectivity index (χ0v) is 15.4. The molecule has 1 saturated heterocycles. The molecule has 1 aromatic heterocycles. The van der Waals surface area contributed by atoms with Crippen molar-refractivity contribution < 1.29 is 15.3 Å². The first-order valence-corrected chi connectivity index (χ1v) is 9.13. The minimum Gasteiger partial charge on any atom is -0.391 e. The summed E-state index contributed by atoms with van der Waals surface area (Å²) < 4.78 is 28.2. The molecule has 2 aromatic carbocycles. The molecule has 2 unspecified atom stereocenters. The lowest BCUT2D eigenvalue weighted by Gasteiger charge is -2.29. The normalized spacial score (nSPS) is 19.6. The summed E-state index contributed by atoms with van der Waals surface area (Å²) in [7, 11) is 0. The van der Waals surface area contributed by atoms with E-state index in [0.717, 1.165) is 35.8 Å². The molecule has 0 spiro atoms. The van der Waals surface area contributed by atoms with Crippen molar-refractivity contribution in [1.82, 2.24) is 20.1 Å². The van der Waals surface area contributed by atoms with Crippen LogP contribution in [0.2, 0.25) is 0 Å². The van der Waals surface area contributed by atoms with E-state index in [1.165, 1.54) is 23.1 Å². The van der Waals surface area contributed by atoms with Crippen LogP contribution in [-0.2, 0) is 0 Å². The number of nitrogens with one attached hydrogen (secondary N) is 2. The molecule has 2 atom stereocenters. The van der Waals surface area contributed by atoms with E-state index in [0.29, 0.717) is 12.5 Å². The van der Waals surface area contributed by atoms with E-state index in [2.05, 4.69) is 26.8 Å². The fourth-order valence-corrected chi connectivity index (χ4v) is 3.58. The first-order chi connectivity index (χ1) is 13.5. The number of hydrogen-bond acceptors (Lipinski definition) is 5. The summed E-state index contributed by atoms with van der Waals surface area (Å²) in [6, 6.07) is 9.19. The number of halogens is 2. The van der Waals surface area contributed by atoms with E-state index in [-0.39, 0.29) is 13.0 Å². The van der Waals surface area contributed by atoms with E-state index in [1.54, 1.807) is 0 Å². The van der Waals surface area contributed by atoms with E-state index in [9.17, 15) is 13.9 Å². The lowest BCUT2D eigenvalue weighted by Crippen LogP contribution is -2.39. The summed E-state index contributed by atoms with van der Waals surface area (Å²) in [5, 5.41) is 20.9. The summed E-state index contributed by atoms with van der Waals surface area (Å²) >= 11 is 0. The van der Waals surface area contributed by atoms with Crippen LogP contribution in [-0.4, -0.2) is 39.1 Å². The molecule has 0 radical (unpaired) electrons. The number of hydrogen-bond donors (Lipinski definition) is 3. The van der Waals surface area contributed by atoms with Gasteiger partial charge in [-0.05, 0) is 55.3 Å². The Bertz CT molecular complexity index is 977. The molecule has 0 amide bonds. The van der Waals surface area contributed by atoms with Crippen molar-refractivity contribution in [2.75, 3.05) is 18.4 Å². The minimum atomic E-state index is -0.677. The maximum atomic E-state index is 13.4. The van der Waals surface area contributed by atoms with Gasteiger partial charge in [-0.3, -0.25) is 0 Å². The third-order valence-corrected chi connectivity index (χ3v) is 4.84. The maximum Gasteiger partial charge on any atom is 0.246 e. The summed E-state index contributed by atoms with van der Waals surface area (Å²) in [5.74, 6) is -0.970. The number of aryl methyl sites for hydroxylation is 1. The van der Waals surface area contributed by atoms with Crippen molar-refractivity contribution in [3.8, 4) is 5.69 Å². The minimum absolute atomic E-state index is 0. The third kappa shape index (κ3) is 4.02. The van der Waals surface area contributed by atoms with Crippen LogP contribution in [0.5, 0.6) is 0 Å². The number of piperidine rings is 1. The van der Waals surface area contributed by atoms with Gasteiger partial charge in [-0.1, -0.05) is 6.07 Å². The van der Waals surface area contributed by atoms with Crippen molar-refractivity contribution in [3.05, 3.63) is 65.5 Å². The monoisotopic (exact) mass is 387 g/mol. The highest BCUT2D eigenvalue weighted by atomic mass is 19.1. The molecule has 0 saturated carbocycles. The van der Waals surface area contributed by atoms with Gasteiger partial charge in [0, 0.05) is 25.6 Å². The summed E-state index contributed by atoms with van der Waals surface area (Å²) in [4.78, 5) is 4.17. The number of aliphatic hydroxyl groups excluding tert-OH is 1. The van der Waals surface area contributed by atoms with Crippen LogP contribution in [0.1, 0.15) is 24.9 Å². The van der Waals surface area contributed by atoms with Gasteiger partial charge < -0.3 is 15.7 Å². The highest BCUT2D eigenvalue weighted by Crippen LogP contribution is 2.29. The molecule has 148 valence electrons. The van der Waals surface area contributed by atoms with E-state index < -0.39 is 17.7 Å². The second-order valence-electron chi connectivity index (χ2n) is 7.06. The van der Waals surface area contributed by atoms with Gasteiger partial charge in [-0.15, -0.1) is 5.10 Å². The lowest BCUT2D eigenvalue weighted by molar-refractivity contribution is 0.118. The molecule has 3 N–H and O–H groups in total. The fourth-order valence-electron chi connectivity index (χ4n) is 3.58. The number of rotatable bonds is 4. The molecule has 0 bridgehead atoms. The average molecular weight is 387 g/mol. The molecule has 3 aromatic rings. The highest BCUT2D eigenvalue weighted by molar-refractivity contribution is 5.56. The van der Waals surface area contributed by atoms with Crippen LogP contribution >= 0.6 is 0 Å². The average Bonchev–Trinajstić information content (AvgIpc) is 3.09. The molecule has 1 aliphatic heterocycles. The Hall–Kier alpha value is -2.84. The van der Waals surface area contributed by atoms with Gasteiger partial charge in [0.05, 0.1) is 11.8 Å². The highest BCUT2D eigenvalue weighted by Gasteiger charge is 2.24. The number of β-amino-alcohol motifs (C(OH)–C–C–N with tert-alkyl or cyclic N) is 1. The Morgan fingerprint density at radius 1 is 1.18 bits per heavy atom. The zero-order chi connectivity index (χ0) is 19.7. The van der Waals surface area contributed by atoms with Crippen molar-refractivity contribution in [1.29, 1.82) is 0 Å². The fraction of sp³-hybridized carbons (Fsp3) is 0.300. The van der Waals surface area contributed by atoms with Crippen LogP contribution in [0.4, 0.5) is 20.4 Å². The van der Waals surface area contributed by atoms with E-state index in [1.807, 2.05) is 19.1 Å². The van der Waals surface area contributed by atoms with Crippen molar-refractivity contribution in [2.45, 2.75) is 25.4 Å². The first kappa shape index (κ1) is 18.5. The summed E-state index contributed by atoms with van der Waals surface area (Å²) in [5.41, 5.74) is 3.16. The second-order valence-corrected chi connectivity index (χ2v) is 7.06. The number of anilines is 2. The van der Waals surface area contributed by atoms with Crippen LogP contribution in [0.25, 0.3) is 5.69 Å². The topological polar surface area (TPSA) is 75.0 Å². The van der Waals surface area contributed by atoms with Gasteiger partial charge in [0.25, 0.3) is 0 Å². The largest absolute Gasteiger partial charge is 0.391 e. The van der Waals surface area contributed by atoms with Gasteiger partial charge >= 0.3 is 0 Å². The standard InChI is InChI=1S/C20H21F2N5O.H2/c1-12-4-13(18-2-3-23-10-19(18)28)6-16(5-12)25-20-24-11-27(26-20)17-8-14(21)7-15(22)9-17;/h4-9,11,18-19,23,28H,2-3,10H2,1H3,(H,25,26);1H. The summed E-state index contributed by atoms with van der Waals surface area (Å²) in [6.07, 6.45) is 1.83. The van der Waals surface area contributed by atoms with Gasteiger partial charge in [-0.25, -0.2) is 13.5 Å². The Kier molecular flexibility index (Phi) is 5.06. The number of aliphatic hydroxyl groups is 1. The molecule has 8 heteroatoms. The Labute approximate surface area is 162 Å². The predicted molar refractivity (Wildman–Crippen MR) is 104 cm³/mol. The lowest BCUT2D eigenvalue weighted by atomic mass is 9.87. The first-order valence-electron chi connectivity index (χ1n) is 9.13. The van der Waals surface area contributed by atoms with Crippen LogP contribution in [0.3, 0.4) is 0 Å². The predicted octanol–water partition coefficient (Wildman–Crippen LogP) is 3.28. The van der Waals surface area contributed by atoms with E-state index >= 15 is 0 Å². The molecular weight excluding hydrogens is 364 g/mol. The van der Waals surface area contributed by atoms with Gasteiger partial charge in [0.15, 0.2) is 0 Å². The SMILES string of the molecule is Cc1cc(Nc2ncn(-c3cc(F)cc(F)c3)n2)cc(C2CCNCC2O)c1.[HH]. The molecule has 2 heterocycles.